The summed E-state index contributed by atoms with van der Waals surface area (Å²) >= 11 is 0. The lowest BCUT2D eigenvalue weighted by atomic mass is 10.1. The van der Waals surface area contributed by atoms with Crippen molar-refractivity contribution in [2.75, 3.05) is 7.11 Å². The molecule has 1 unspecified atom stereocenters. The fourth-order valence-electron chi connectivity index (χ4n) is 2.94. The number of nitrogens with one attached hydrogen (secondary N) is 1. The highest BCUT2D eigenvalue weighted by molar-refractivity contribution is 7.89. The average molecular weight is 352 g/mol. The van der Waals surface area contributed by atoms with Crippen LogP contribution in [-0.2, 0) is 30.0 Å². The highest BCUT2D eigenvalue weighted by Crippen LogP contribution is 2.24. The molecule has 0 spiro atoms. The molecule has 0 aliphatic carbocycles. The number of nitrogens with zero attached hydrogens (tertiary/aromatic N) is 3. The first kappa shape index (κ1) is 16.7. The largest absolute Gasteiger partial charge is 0.495 e. The van der Waals surface area contributed by atoms with E-state index in [9.17, 15) is 13.2 Å². The van der Waals surface area contributed by atoms with E-state index in [1.54, 1.807) is 29.8 Å². The topological polar surface area (TPSA) is 95.2 Å². The molecule has 0 bridgehead atoms. The molecule has 0 saturated carbocycles. The van der Waals surface area contributed by atoms with E-state index in [4.69, 9.17) is 4.74 Å². The van der Waals surface area contributed by atoms with Crippen LogP contribution in [0.15, 0.2) is 34.0 Å². The van der Waals surface area contributed by atoms with Crippen LogP contribution in [0.25, 0.3) is 0 Å². The highest BCUT2D eigenvalue weighted by Gasteiger charge is 2.26. The number of ether oxygens (including phenoxy) is 1. The second-order valence-corrected chi connectivity index (χ2v) is 7.45. The van der Waals surface area contributed by atoms with E-state index in [1.807, 2.05) is 0 Å². The second kappa shape index (κ2) is 6.40. The molecule has 1 aromatic heterocycles. The van der Waals surface area contributed by atoms with Crippen molar-refractivity contribution in [3.8, 4) is 5.75 Å². The number of fused-ring (bicyclic) bond motifs is 1. The van der Waals surface area contributed by atoms with E-state index in [2.05, 4.69) is 9.82 Å². The van der Waals surface area contributed by atoms with Crippen molar-refractivity contribution in [3.63, 3.8) is 0 Å². The van der Waals surface area contributed by atoms with Gasteiger partial charge in [0.2, 0.25) is 10.0 Å². The number of sulfonamides is 1. The third-order valence-corrected chi connectivity index (χ3v) is 5.74. The quantitative estimate of drug-likeness (QED) is 0.852. The van der Waals surface area contributed by atoms with Gasteiger partial charge in [0.1, 0.15) is 16.5 Å². The van der Waals surface area contributed by atoms with Gasteiger partial charge in [-0.15, -0.1) is 0 Å². The molecule has 1 aromatic carbocycles. The van der Waals surface area contributed by atoms with Gasteiger partial charge in [-0.25, -0.2) is 22.6 Å². The fraction of sp³-hybridized carbons (Fsp3) is 0.467. The van der Waals surface area contributed by atoms with Crippen molar-refractivity contribution >= 4 is 10.0 Å². The second-order valence-electron chi connectivity index (χ2n) is 5.77. The zero-order valence-electron chi connectivity index (χ0n) is 13.6. The molecular formula is C15H20N4O4S. The molecule has 1 aliphatic rings. The Labute approximate surface area is 140 Å². The van der Waals surface area contributed by atoms with Gasteiger partial charge in [0.25, 0.3) is 0 Å². The summed E-state index contributed by atoms with van der Waals surface area (Å²) in [4.78, 5) is 12.1. The molecule has 0 fully saturated rings. The fourth-order valence-corrected chi connectivity index (χ4v) is 4.41. The van der Waals surface area contributed by atoms with E-state index in [-0.39, 0.29) is 16.6 Å². The third-order valence-electron chi connectivity index (χ3n) is 4.18. The number of para-hydroxylation sites is 1. The molecule has 9 heteroatoms. The molecule has 8 nitrogen and oxygen atoms in total. The molecule has 0 amide bonds. The van der Waals surface area contributed by atoms with Gasteiger partial charge in [0.05, 0.1) is 7.11 Å². The number of hydrogen-bond acceptors (Lipinski definition) is 5. The van der Waals surface area contributed by atoms with Crippen molar-refractivity contribution in [1.29, 1.82) is 0 Å². The summed E-state index contributed by atoms with van der Waals surface area (Å²) in [6.45, 7) is 0.446. The summed E-state index contributed by atoms with van der Waals surface area (Å²) in [6.07, 6.45) is 1.67. The lowest BCUT2D eigenvalue weighted by Crippen LogP contribution is -2.35. The summed E-state index contributed by atoms with van der Waals surface area (Å²) in [5, 5.41) is 4.20. The van der Waals surface area contributed by atoms with Gasteiger partial charge in [-0.1, -0.05) is 12.1 Å². The van der Waals surface area contributed by atoms with Crippen LogP contribution in [-0.4, -0.2) is 35.9 Å². The Morgan fingerprint density at radius 3 is 2.79 bits per heavy atom. The SMILES string of the molecule is COc1ccccc1S(=O)(=O)NC1CCc2nn(C)c(=O)n2CC1. The highest BCUT2D eigenvalue weighted by atomic mass is 32.2. The van der Waals surface area contributed by atoms with Crippen molar-refractivity contribution in [2.45, 2.75) is 36.7 Å². The Kier molecular flexibility index (Phi) is 4.46. The molecule has 0 radical (unpaired) electrons. The Hall–Kier alpha value is -2.13. The first-order valence-electron chi connectivity index (χ1n) is 7.70. The average Bonchev–Trinajstić information content (AvgIpc) is 2.72. The molecule has 0 saturated heterocycles. The van der Waals surface area contributed by atoms with Gasteiger partial charge >= 0.3 is 5.69 Å². The molecule has 24 heavy (non-hydrogen) atoms. The van der Waals surface area contributed by atoms with Crippen molar-refractivity contribution in [1.82, 2.24) is 19.1 Å². The number of methoxy groups -OCH3 is 1. The number of aryl methyl sites for hydroxylation is 2. The van der Waals surface area contributed by atoms with E-state index in [1.165, 1.54) is 17.9 Å². The van der Waals surface area contributed by atoms with Crippen LogP contribution < -0.4 is 15.1 Å². The van der Waals surface area contributed by atoms with Crippen LogP contribution in [0.4, 0.5) is 0 Å². The molecular weight excluding hydrogens is 332 g/mol. The van der Waals surface area contributed by atoms with Crippen LogP contribution in [0.3, 0.4) is 0 Å². The third kappa shape index (κ3) is 3.09. The van der Waals surface area contributed by atoms with E-state index < -0.39 is 10.0 Å². The van der Waals surface area contributed by atoms with Crippen molar-refractivity contribution in [3.05, 3.63) is 40.6 Å². The first-order chi connectivity index (χ1) is 11.4. The minimum atomic E-state index is -3.70. The van der Waals surface area contributed by atoms with Crippen LogP contribution in [0, 0.1) is 0 Å². The summed E-state index contributed by atoms with van der Waals surface area (Å²) in [5.74, 6) is 1.00. The minimum absolute atomic E-state index is 0.116. The zero-order chi connectivity index (χ0) is 17.3. The Bertz CT molecular complexity index is 900. The molecule has 1 N–H and O–H groups in total. The van der Waals surface area contributed by atoms with Crippen molar-refractivity contribution in [2.24, 2.45) is 7.05 Å². The van der Waals surface area contributed by atoms with Gasteiger partial charge < -0.3 is 4.74 Å². The van der Waals surface area contributed by atoms with E-state index in [0.29, 0.717) is 37.4 Å². The molecule has 130 valence electrons. The molecule has 1 atom stereocenters. The van der Waals surface area contributed by atoms with Crippen LogP contribution >= 0.6 is 0 Å². The van der Waals surface area contributed by atoms with Crippen molar-refractivity contribution < 1.29 is 13.2 Å². The zero-order valence-corrected chi connectivity index (χ0v) is 14.4. The van der Waals surface area contributed by atoms with E-state index >= 15 is 0 Å². The first-order valence-corrected chi connectivity index (χ1v) is 9.19. The van der Waals surface area contributed by atoms with Gasteiger partial charge in [-0.3, -0.25) is 4.57 Å². The lowest BCUT2D eigenvalue weighted by molar-refractivity contribution is 0.401. The summed E-state index contributed by atoms with van der Waals surface area (Å²) in [5.41, 5.74) is -0.168. The molecule has 3 rings (SSSR count). The minimum Gasteiger partial charge on any atom is -0.495 e. The van der Waals surface area contributed by atoms with Gasteiger partial charge in [0, 0.05) is 26.1 Å². The number of aromatic nitrogens is 3. The van der Waals surface area contributed by atoms with Gasteiger partial charge in [0.15, 0.2) is 0 Å². The Morgan fingerprint density at radius 2 is 2.04 bits per heavy atom. The Morgan fingerprint density at radius 1 is 1.29 bits per heavy atom. The van der Waals surface area contributed by atoms with Gasteiger partial charge in [-0.2, -0.15) is 5.10 Å². The maximum absolute atomic E-state index is 12.6. The smallest absolute Gasteiger partial charge is 0.345 e. The lowest BCUT2D eigenvalue weighted by Gasteiger charge is -2.17. The maximum atomic E-state index is 12.6. The predicted molar refractivity (Wildman–Crippen MR) is 87.5 cm³/mol. The normalized spacial score (nSPS) is 18.0. The van der Waals surface area contributed by atoms with Crippen LogP contribution in [0.2, 0.25) is 0 Å². The summed E-state index contributed by atoms with van der Waals surface area (Å²) < 4.78 is 36.1. The standard InChI is InChI=1S/C15H20N4O4S/c1-18-15(20)19-10-9-11(7-8-14(19)16-18)17-24(21,22)13-6-4-3-5-12(13)23-2/h3-6,11,17H,7-10H2,1-2H3. The van der Waals surface area contributed by atoms with Crippen LogP contribution in [0.5, 0.6) is 5.75 Å². The predicted octanol–water partition coefficient (Wildman–Crippen LogP) is 0.274. The number of rotatable bonds is 4. The molecule has 2 aromatic rings. The maximum Gasteiger partial charge on any atom is 0.345 e. The Balaban J connectivity index is 1.78. The molecule has 2 heterocycles. The summed E-state index contributed by atoms with van der Waals surface area (Å²) in [7, 11) is -0.639. The molecule has 1 aliphatic heterocycles. The monoisotopic (exact) mass is 352 g/mol. The van der Waals surface area contributed by atoms with E-state index in [0.717, 1.165) is 0 Å². The number of hydrogen-bond donors (Lipinski definition) is 1. The van der Waals surface area contributed by atoms with Gasteiger partial charge in [-0.05, 0) is 25.0 Å². The summed E-state index contributed by atoms with van der Waals surface area (Å²) in [6, 6.07) is 6.24. The number of benzene rings is 1. The van der Waals surface area contributed by atoms with Crippen LogP contribution in [0.1, 0.15) is 18.7 Å².